The number of pyridine rings is 1. The highest BCUT2D eigenvalue weighted by Gasteiger charge is 2.27. The average Bonchev–Trinajstić information content (AvgIpc) is 3.22. The number of aryl methyl sites for hydroxylation is 1. The van der Waals surface area contributed by atoms with Crippen LogP contribution in [-0.4, -0.2) is 28.5 Å². The van der Waals surface area contributed by atoms with Gasteiger partial charge >= 0.3 is 5.97 Å². The third-order valence-corrected chi connectivity index (χ3v) is 6.31. The van der Waals surface area contributed by atoms with Crippen LogP contribution in [0.5, 0.6) is 0 Å². The highest BCUT2D eigenvalue weighted by molar-refractivity contribution is 7.21. The Morgan fingerprint density at radius 3 is 2.82 bits per heavy atom. The number of carbonyl (C=O) groups is 2. The molecule has 7 heteroatoms. The SMILES string of the molecule is Cc1ccc2c(N)c(C(=O)NCCc3ccc4c(c3)C[C@@H](C(=O)O)C4)sc2n1. The minimum atomic E-state index is -0.740. The van der Waals surface area contributed by atoms with Crippen LogP contribution < -0.4 is 11.1 Å². The van der Waals surface area contributed by atoms with Crippen LogP contribution in [-0.2, 0) is 24.1 Å². The van der Waals surface area contributed by atoms with Crippen LogP contribution in [0.25, 0.3) is 10.2 Å². The van der Waals surface area contributed by atoms with Gasteiger partial charge in [0.05, 0.1) is 11.6 Å². The highest BCUT2D eigenvalue weighted by atomic mass is 32.1. The summed E-state index contributed by atoms with van der Waals surface area (Å²) in [6, 6.07) is 9.86. The molecule has 0 saturated carbocycles. The molecule has 1 atom stereocenters. The molecule has 4 rings (SSSR count). The second-order valence-corrected chi connectivity index (χ2v) is 8.20. The van der Waals surface area contributed by atoms with Gasteiger partial charge in [-0.2, -0.15) is 0 Å². The molecule has 0 spiro atoms. The van der Waals surface area contributed by atoms with E-state index in [1.165, 1.54) is 11.3 Å². The average molecular weight is 395 g/mol. The zero-order valence-corrected chi connectivity index (χ0v) is 16.3. The number of rotatable bonds is 5. The van der Waals surface area contributed by atoms with E-state index < -0.39 is 5.97 Å². The molecule has 144 valence electrons. The van der Waals surface area contributed by atoms with E-state index in [2.05, 4.69) is 16.4 Å². The van der Waals surface area contributed by atoms with E-state index in [0.717, 1.165) is 32.6 Å². The molecule has 1 aromatic carbocycles. The van der Waals surface area contributed by atoms with E-state index in [1.54, 1.807) is 0 Å². The number of nitrogens with one attached hydrogen (secondary N) is 1. The first kappa shape index (κ1) is 18.4. The van der Waals surface area contributed by atoms with Gasteiger partial charge in [0.2, 0.25) is 0 Å². The fourth-order valence-electron chi connectivity index (χ4n) is 3.66. The topological polar surface area (TPSA) is 105 Å². The van der Waals surface area contributed by atoms with Gasteiger partial charge in [0, 0.05) is 17.6 Å². The Kier molecular flexibility index (Phi) is 4.77. The first-order valence-corrected chi connectivity index (χ1v) is 10.0. The fraction of sp³-hybridized carbons (Fsp3) is 0.286. The maximum atomic E-state index is 12.5. The van der Waals surface area contributed by atoms with Gasteiger partial charge in [-0.05, 0) is 55.0 Å². The van der Waals surface area contributed by atoms with Crippen LogP contribution in [0.2, 0.25) is 0 Å². The molecule has 0 bridgehead atoms. The van der Waals surface area contributed by atoms with Gasteiger partial charge in [-0.15, -0.1) is 11.3 Å². The smallest absolute Gasteiger partial charge is 0.307 e. The van der Waals surface area contributed by atoms with Crippen LogP contribution in [0.3, 0.4) is 0 Å². The summed E-state index contributed by atoms with van der Waals surface area (Å²) in [5.74, 6) is -1.25. The molecule has 0 radical (unpaired) electrons. The Morgan fingerprint density at radius 1 is 1.25 bits per heavy atom. The number of nitrogens with zero attached hydrogens (tertiary/aromatic N) is 1. The molecule has 2 heterocycles. The molecule has 1 aliphatic rings. The molecule has 0 saturated heterocycles. The highest BCUT2D eigenvalue weighted by Crippen LogP contribution is 2.32. The number of carbonyl (C=O) groups excluding carboxylic acids is 1. The second kappa shape index (κ2) is 7.24. The van der Waals surface area contributed by atoms with Crippen molar-refractivity contribution in [3.05, 3.63) is 57.6 Å². The van der Waals surface area contributed by atoms with Gasteiger partial charge < -0.3 is 16.2 Å². The fourth-order valence-corrected chi connectivity index (χ4v) is 4.72. The van der Waals surface area contributed by atoms with Crippen molar-refractivity contribution in [2.75, 3.05) is 12.3 Å². The number of nitrogens with two attached hydrogens (primary N) is 1. The van der Waals surface area contributed by atoms with Gasteiger partial charge in [-0.25, -0.2) is 4.98 Å². The normalized spacial score (nSPS) is 15.5. The summed E-state index contributed by atoms with van der Waals surface area (Å²) in [5, 5.41) is 12.9. The molecule has 28 heavy (non-hydrogen) atoms. The van der Waals surface area contributed by atoms with Crippen molar-refractivity contribution in [2.24, 2.45) is 5.92 Å². The van der Waals surface area contributed by atoms with Crippen LogP contribution in [0.4, 0.5) is 5.69 Å². The van der Waals surface area contributed by atoms with Crippen molar-refractivity contribution in [1.82, 2.24) is 10.3 Å². The predicted molar refractivity (Wildman–Crippen MR) is 110 cm³/mol. The molecule has 4 N–H and O–H groups in total. The molecule has 3 aromatic rings. The van der Waals surface area contributed by atoms with Crippen molar-refractivity contribution >= 4 is 39.1 Å². The first-order valence-electron chi connectivity index (χ1n) is 9.19. The summed E-state index contributed by atoms with van der Waals surface area (Å²) in [6.07, 6.45) is 1.86. The van der Waals surface area contributed by atoms with Crippen molar-refractivity contribution in [1.29, 1.82) is 0 Å². The molecular weight excluding hydrogens is 374 g/mol. The summed E-state index contributed by atoms with van der Waals surface area (Å²) >= 11 is 1.31. The van der Waals surface area contributed by atoms with E-state index in [0.29, 0.717) is 36.4 Å². The van der Waals surface area contributed by atoms with Crippen LogP contribution in [0, 0.1) is 12.8 Å². The molecule has 1 amide bonds. The largest absolute Gasteiger partial charge is 0.481 e. The Hall–Kier alpha value is -2.93. The van der Waals surface area contributed by atoms with E-state index >= 15 is 0 Å². The number of nitrogen functional groups attached to an aromatic ring is 1. The number of carboxylic acids is 1. The number of amides is 1. The van der Waals surface area contributed by atoms with Crippen LogP contribution in [0.15, 0.2) is 30.3 Å². The Morgan fingerprint density at radius 2 is 2.04 bits per heavy atom. The van der Waals surface area contributed by atoms with Gasteiger partial charge in [-0.1, -0.05) is 18.2 Å². The van der Waals surface area contributed by atoms with Gasteiger partial charge in [0.25, 0.3) is 5.91 Å². The Bertz CT molecular complexity index is 1090. The molecule has 0 fully saturated rings. The van der Waals surface area contributed by atoms with E-state index in [9.17, 15) is 14.7 Å². The van der Waals surface area contributed by atoms with E-state index in [4.69, 9.17) is 5.73 Å². The van der Waals surface area contributed by atoms with Crippen molar-refractivity contribution in [2.45, 2.75) is 26.2 Å². The van der Waals surface area contributed by atoms with Gasteiger partial charge in [0.15, 0.2) is 0 Å². The molecule has 1 aliphatic carbocycles. The Balaban J connectivity index is 1.40. The van der Waals surface area contributed by atoms with Crippen molar-refractivity contribution < 1.29 is 14.7 Å². The number of benzene rings is 1. The standard InChI is InChI=1S/C21H21N3O3S/c1-11-2-5-16-17(22)18(28-20(16)24-11)19(25)23-7-6-12-3-4-13-9-15(21(26)27)10-14(13)8-12/h2-5,8,15H,6-7,9-10,22H2,1H3,(H,23,25)(H,26,27)/t15-/m0/s1. The minimum Gasteiger partial charge on any atom is -0.481 e. The van der Waals surface area contributed by atoms with Crippen molar-refractivity contribution in [3.63, 3.8) is 0 Å². The third kappa shape index (κ3) is 3.45. The second-order valence-electron chi connectivity index (χ2n) is 7.20. The van der Waals surface area contributed by atoms with Gasteiger partial charge in [-0.3, -0.25) is 9.59 Å². The summed E-state index contributed by atoms with van der Waals surface area (Å²) < 4.78 is 0. The number of anilines is 1. The number of hydrogen-bond donors (Lipinski definition) is 3. The first-order chi connectivity index (χ1) is 13.4. The zero-order chi connectivity index (χ0) is 19.8. The molecular formula is C21H21N3O3S. The van der Waals surface area contributed by atoms with Gasteiger partial charge in [0.1, 0.15) is 9.71 Å². The number of aliphatic carboxylic acids is 1. The van der Waals surface area contributed by atoms with Crippen LogP contribution >= 0.6 is 11.3 Å². The lowest BCUT2D eigenvalue weighted by Gasteiger charge is -2.07. The zero-order valence-electron chi connectivity index (χ0n) is 15.5. The lowest BCUT2D eigenvalue weighted by Crippen LogP contribution is -2.25. The Labute approximate surface area is 166 Å². The maximum Gasteiger partial charge on any atom is 0.307 e. The number of fused-ring (bicyclic) bond motifs is 2. The molecule has 0 aliphatic heterocycles. The lowest BCUT2D eigenvalue weighted by atomic mass is 10.0. The molecule has 2 aromatic heterocycles. The number of carboxylic acid groups (broad SMARTS) is 1. The summed E-state index contributed by atoms with van der Waals surface area (Å²) in [4.78, 5) is 29.4. The predicted octanol–water partition coefficient (Wildman–Crippen LogP) is 2.96. The monoisotopic (exact) mass is 395 g/mol. The molecule has 0 unspecified atom stereocenters. The summed E-state index contributed by atoms with van der Waals surface area (Å²) in [5.41, 5.74) is 10.8. The van der Waals surface area contributed by atoms with Crippen molar-refractivity contribution in [3.8, 4) is 0 Å². The number of hydrogen-bond acceptors (Lipinski definition) is 5. The van der Waals surface area contributed by atoms with E-state index in [-0.39, 0.29) is 11.8 Å². The number of thiophene rings is 1. The van der Waals surface area contributed by atoms with Crippen LogP contribution in [0.1, 0.15) is 32.1 Å². The molecule has 6 nitrogen and oxygen atoms in total. The maximum absolute atomic E-state index is 12.5. The quantitative estimate of drug-likeness (QED) is 0.616. The number of aromatic nitrogens is 1. The van der Waals surface area contributed by atoms with E-state index in [1.807, 2.05) is 31.2 Å². The lowest BCUT2D eigenvalue weighted by molar-refractivity contribution is -0.141. The summed E-state index contributed by atoms with van der Waals surface area (Å²) in [6.45, 7) is 2.39. The minimum absolute atomic E-state index is 0.190. The third-order valence-electron chi connectivity index (χ3n) is 5.19. The summed E-state index contributed by atoms with van der Waals surface area (Å²) in [7, 11) is 0.